The normalized spacial score (nSPS) is 23.3. The van der Waals surface area contributed by atoms with Gasteiger partial charge in [-0.2, -0.15) is 5.10 Å². The third kappa shape index (κ3) is 3.11. The van der Waals surface area contributed by atoms with Gasteiger partial charge in [0.15, 0.2) is 4.77 Å². The molecule has 1 aromatic carbocycles. The number of hydrogen-bond donors (Lipinski definition) is 0. The van der Waals surface area contributed by atoms with Gasteiger partial charge in [0.05, 0.1) is 6.67 Å². The summed E-state index contributed by atoms with van der Waals surface area (Å²) in [6.45, 7) is 3.93. The predicted octanol–water partition coefficient (Wildman–Crippen LogP) is 2.70. The summed E-state index contributed by atoms with van der Waals surface area (Å²) in [5.41, 5.74) is 1.37. The van der Waals surface area contributed by atoms with Crippen molar-refractivity contribution in [3.63, 3.8) is 0 Å². The van der Waals surface area contributed by atoms with Crippen LogP contribution in [-0.4, -0.2) is 50.8 Å². The van der Waals surface area contributed by atoms with Crippen molar-refractivity contribution >= 4 is 12.2 Å². The number of nitrogens with zero attached hydrogens (tertiary/aromatic N) is 5. The van der Waals surface area contributed by atoms with Crippen LogP contribution in [0.5, 0.6) is 0 Å². The summed E-state index contributed by atoms with van der Waals surface area (Å²) in [5.74, 6) is 0. The van der Waals surface area contributed by atoms with E-state index in [9.17, 15) is 0 Å². The molecule has 0 spiro atoms. The van der Waals surface area contributed by atoms with Gasteiger partial charge in [-0.1, -0.05) is 30.3 Å². The Hall–Kier alpha value is -1.50. The summed E-state index contributed by atoms with van der Waals surface area (Å²) in [6.07, 6.45) is 4.38. The molecular formula is C17H23N5S. The van der Waals surface area contributed by atoms with Gasteiger partial charge in [0.25, 0.3) is 0 Å². The van der Waals surface area contributed by atoms with Crippen LogP contribution in [0.1, 0.15) is 30.5 Å². The summed E-state index contributed by atoms with van der Waals surface area (Å²) >= 11 is 5.61. The molecule has 2 fully saturated rings. The Kier molecular flexibility index (Phi) is 4.05. The van der Waals surface area contributed by atoms with Crippen LogP contribution in [0.25, 0.3) is 0 Å². The van der Waals surface area contributed by atoms with Gasteiger partial charge in [-0.25, -0.2) is 4.68 Å². The Bertz CT molecular complexity index is 718. The maximum absolute atomic E-state index is 5.61. The topological polar surface area (TPSA) is 29.2 Å². The minimum absolute atomic E-state index is 0.392. The van der Waals surface area contributed by atoms with Crippen LogP contribution < -0.4 is 0 Å². The van der Waals surface area contributed by atoms with Gasteiger partial charge >= 0.3 is 0 Å². The van der Waals surface area contributed by atoms with E-state index in [2.05, 4.69) is 56.8 Å². The van der Waals surface area contributed by atoms with Crippen molar-refractivity contribution in [2.45, 2.75) is 31.6 Å². The molecule has 23 heavy (non-hydrogen) atoms. The number of aromatic nitrogens is 3. The molecule has 4 rings (SSSR count). The van der Waals surface area contributed by atoms with Crippen LogP contribution >= 0.6 is 12.2 Å². The molecule has 1 atom stereocenters. The van der Waals surface area contributed by atoms with Crippen molar-refractivity contribution in [2.75, 3.05) is 26.7 Å². The van der Waals surface area contributed by atoms with E-state index in [4.69, 9.17) is 12.2 Å². The number of benzene rings is 1. The largest absolute Gasteiger partial charge is 0.303 e. The van der Waals surface area contributed by atoms with E-state index >= 15 is 0 Å². The predicted molar refractivity (Wildman–Crippen MR) is 92.7 cm³/mol. The van der Waals surface area contributed by atoms with Crippen molar-refractivity contribution in [1.29, 1.82) is 0 Å². The molecule has 0 unspecified atom stereocenters. The lowest BCUT2D eigenvalue weighted by Gasteiger charge is -2.40. The monoisotopic (exact) mass is 329 g/mol. The highest BCUT2D eigenvalue weighted by atomic mass is 32.1. The molecule has 1 saturated carbocycles. The molecule has 0 radical (unpaired) electrons. The first-order valence-corrected chi connectivity index (χ1v) is 8.74. The average molecular weight is 329 g/mol. The van der Waals surface area contributed by atoms with Crippen LogP contribution in [0.4, 0.5) is 0 Å². The maximum atomic E-state index is 5.61. The molecule has 2 aliphatic rings. The fourth-order valence-corrected chi connectivity index (χ4v) is 3.64. The first-order chi connectivity index (χ1) is 11.2. The van der Waals surface area contributed by atoms with Gasteiger partial charge in [0.1, 0.15) is 6.33 Å². The average Bonchev–Trinajstić information content (AvgIpc) is 3.35. The summed E-state index contributed by atoms with van der Waals surface area (Å²) in [4.78, 5) is 4.89. The third-order valence-corrected chi connectivity index (χ3v) is 5.31. The summed E-state index contributed by atoms with van der Waals surface area (Å²) in [7, 11) is 2.20. The second-order valence-corrected chi connectivity index (χ2v) is 7.06. The minimum Gasteiger partial charge on any atom is -0.303 e. The van der Waals surface area contributed by atoms with Crippen LogP contribution in [0.3, 0.4) is 0 Å². The van der Waals surface area contributed by atoms with Crippen molar-refractivity contribution in [1.82, 2.24) is 24.1 Å². The Morgan fingerprint density at radius 1 is 1.17 bits per heavy atom. The molecule has 0 N–H and O–H groups in total. The number of rotatable bonds is 4. The second-order valence-electron chi connectivity index (χ2n) is 6.69. The minimum atomic E-state index is 0.392. The fourth-order valence-electron chi connectivity index (χ4n) is 3.34. The number of piperazine rings is 1. The zero-order chi connectivity index (χ0) is 15.8. The number of hydrogen-bond acceptors (Lipinski definition) is 4. The quantitative estimate of drug-likeness (QED) is 0.807. The Morgan fingerprint density at radius 2 is 1.96 bits per heavy atom. The summed E-state index contributed by atoms with van der Waals surface area (Å²) < 4.78 is 5.00. The molecule has 2 heterocycles. The van der Waals surface area contributed by atoms with E-state index in [0.717, 1.165) is 31.1 Å². The summed E-state index contributed by atoms with van der Waals surface area (Å²) in [6, 6.07) is 11.7. The van der Waals surface area contributed by atoms with E-state index in [1.807, 2.05) is 11.0 Å². The summed E-state index contributed by atoms with van der Waals surface area (Å²) in [5, 5.41) is 4.54. The van der Waals surface area contributed by atoms with Crippen LogP contribution in [-0.2, 0) is 6.67 Å². The van der Waals surface area contributed by atoms with Gasteiger partial charge in [-0.05, 0) is 37.7 Å². The van der Waals surface area contributed by atoms with Gasteiger partial charge in [-0.3, -0.25) is 4.90 Å². The lowest BCUT2D eigenvalue weighted by molar-refractivity contribution is 0.0582. The molecule has 122 valence electrons. The van der Waals surface area contributed by atoms with Gasteiger partial charge in [0.2, 0.25) is 0 Å². The molecule has 1 aliphatic carbocycles. The third-order valence-electron chi connectivity index (χ3n) is 4.89. The molecule has 5 nitrogen and oxygen atoms in total. The standard InChI is InChI=1S/C17H23N5S/c1-19-9-10-20(16(11-19)14-5-3-2-4-6-14)13-22-17(23)21(12-18-22)15-7-8-15/h2-6,12,15-16H,7-11,13H2,1H3/t16-/m1/s1. The zero-order valence-corrected chi connectivity index (χ0v) is 14.3. The fraction of sp³-hybridized carbons (Fsp3) is 0.529. The van der Waals surface area contributed by atoms with E-state index in [-0.39, 0.29) is 0 Å². The van der Waals surface area contributed by atoms with Crippen LogP contribution in [0.15, 0.2) is 36.7 Å². The molecule has 1 aliphatic heterocycles. The first-order valence-electron chi connectivity index (χ1n) is 8.34. The van der Waals surface area contributed by atoms with E-state index in [1.165, 1.54) is 18.4 Å². The van der Waals surface area contributed by atoms with E-state index in [0.29, 0.717) is 12.1 Å². The van der Waals surface area contributed by atoms with Gasteiger partial charge < -0.3 is 9.47 Å². The van der Waals surface area contributed by atoms with Gasteiger partial charge in [-0.15, -0.1) is 0 Å². The van der Waals surface area contributed by atoms with Crippen molar-refractivity contribution in [3.8, 4) is 0 Å². The molecule has 6 heteroatoms. The SMILES string of the molecule is CN1CCN(Cn2ncn(C3CC3)c2=S)[C@@H](c2ccccc2)C1. The highest BCUT2D eigenvalue weighted by Gasteiger charge is 2.28. The van der Waals surface area contributed by atoms with Crippen molar-refractivity contribution < 1.29 is 0 Å². The van der Waals surface area contributed by atoms with E-state index < -0.39 is 0 Å². The zero-order valence-electron chi connectivity index (χ0n) is 13.5. The molecular weight excluding hydrogens is 306 g/mol. The highest BCUT2D eigenvalue weighted by Crippen LogP contribution is 2.34. The maximum Gasteiger partial charge on any atom is 0.199 e. The van der Waals surface area contributed by atoms with Crippen LogP contribution in [0.2, 0.25) is 0 Å². The van der Waals surface area contributed by atoms with Crippen molar-refractivity contribution in [3.05, 3.63) is 47.0 Å². The Morgan fingerprint density at radius 3 is 2.70 bits per heavy atom. The molecule has 1 aromatic heterocycles. The van der Waals surface area contributed by atoms with E-state index in [1.54, 1.807) is 0 Å². The van der Waals surface area contributed by atoms with Crippen molar-refractivity contribution in [2.24, 2.45) is 0 Å². The lowest BCUT2D eigenvalue weighted by Crippen LogP contribution is -2.47. The second kappa shape index (κ2) is 6.19. The smallest absolute Gasteiger partial charge is 0.199 e. The highest BCUT2D eigenvalue weighted by molar-refractivity contribution is 7.71. The number of likely N-dealkylation sites (N-methyl/N-ethyl adjacent to an activating group) is 1. The molecule has 0 amide bonds. The van der Waals surface area contributed by atoms with Gasteiger partial charge in [0, 0.05) is 31.7 Å². The Labute approximate surface area is 142 Å². The Balaban J connectivity index is 1.57. The lowest BCUT2D eigenvalue weighted by atomic mass is 10.0. The molecule has 1 saturated heterocycles. The van der Waals surface area contributed by atoms with Crippen LogP contribution in [0, 0.1) is 4.77 Å². The first kappa shape index (κ1) is 15.1. The molecule has 2 aromatic rings. The molecule has 0 bridgehead atoms.